The first-order valence-electron chi connectivity index (χ1n) is 4.06. The van der Waals surface area contributed by atoms with Gasteiger partial charge in [-0.25, -0.2) is 5.90 Å². The van der Waals surface area contributed by atoms with Crippen LogP contribution in [0.1, 0.15) is 5.56 Å². The predicted molar refractivity (Wildman–Crippen MR) is 53.5 cm³/mol. The Morgan fingerprint density at radius 2 is 2.21 bits per heavy atom. The lowest BCUT2D eigenvalue weighted by Gasteiger charge is -2.08. The summed E-state index contributed by atoms with van der Waals surface area (Å²) in [7, 11) is 1.53. The van der Waals surface area contributed by atoms with E-state index in [0.29, 0.717) is 24.3 Å². The molecule has 0 aliphatic heterocycles. The van der Waals surface area contributed by atoms with Crippen molar-refractivity contribution in [3.8, 4) is 11.5 Å². The van der Waals surface area contributed by atoms with Crippen LogP contribution in [0.4, 0.5) is 0 Å². The Labute approximate surface area is 87.1 Å². The van der Waals surface area contributed by atoms with Gasteiger partial charge in [-0.3, -0.25) is 0 Å². The number of phenolic OH excluding ortho intramolecular Hbond substituents is 1. The van der Waals surface area contributed by atoms with Crippen molar-refractivity contribution >= 4 is 11.6 Å². The highest BCUT2D eigenvalue weighted by atomic mass is 35.5. The minimum atomic E-state index is 0.0458. The maximum absolute atomic E-state index is 9.56. The summed E-state index contributed by atoms with van der Waals surface area (Å²) >= 11 is 5.77. The van der Waals surface area contributed by atoms with Crippen LogP contribution in [0, 0.1) is 0 Å². The fourth-order valence-electron chi connectivity index (χ4n) is 1.11. The lowest BCUT2D eigenvalue weighted by molar-refractivity contribution is 0.140. The molecule has 0 aliphatic carbocycles. The van der Waals surface area contributed by atoms with Crippen molar-refractivity contribution in [2.75, 3.05) is 13.7 Å². The van der Waals surface area contributed by atoms with E-state index in [1.807, 2.05) is 0 Å². The van der Waals surface area contributed by atoms with Gasteiger partial charge in [0, 0.05) is 18.1 Å². The topological polar surface area (TPSA) is 64.7 Å². The van der Waals surface area contributed by atoms with E-state index in [1.165, 1.54) is 7.11 Å². The Morgan fingerprint density at radius 3 is 2.79 bits per heavy atom. The second-order valence-corrected chi connectivity index (χ2v) is 3.14. The number of methoxy groups -OCH3 is 1. The van der Waals surface area contributed by atoms with Crippen molar-refractivity contribution in [3.63, 3.8) is 0 Å². The number of halogens is 1. The van der Waals surface area contributed by atoms with Crippen molar-refractivity contribution in [3.05, 3.63) is 22.7 Å². The Morgan fingerprint density at radius 1 is 1.50 bits per heavy atom. The van der Waals surface area contributed by atoms with Gasteiger partial charge in [-0.1, -0.05) is 11.6 Å². The summed E-state index contributed by atoms with van der Waals surface area (Å²) in [6.07, 6.45) is 0.485. The van der Waals surface area contributed by atoms with Crippen LogP contribution in [0.3, 0.4) is 0 Å². The molecule has 0 spiro atoms. The molecule has 0 heterocycles. The molecule has 78 valence electrons. The number of aromatic hydroxyl groups is 1. The zero-order valence-corrected chi connectivity index (χ0v) is 8.54. The molecule has 0 saturated carbocycles. The standard InChI is InChI=1S/C9H12ClNO3/c1-13-7-4-6(2-3-14-11)9(12)8(10)5-7/h4-5,12H,2-3,11H2,1H3. The summed E-state index contributed by atoms with van der Waals surface area (Å²) in [6.45, 7) is 0.317. The smallest absolute Gasteiger partial charge is 0.137 e. The maximum Gasteiger partial charge on any atom is 0.137 e. The quantitative estimate of drug-likeness (QED) is 0.750. The molecule has 5 heteroatoms. The first-order chi connectivity index (χ1) is 6.69. The molecule has 14 heavy (non-hydrogen) atoms. The van der Waals surface area contributed by atoms with Gasteiger partial charge in [0.15, 0.2) is 0 Å². The highest BCUT2D eigenvalue weighted by Gasteiger charge is 2.08. The van der Waals surface area contributed by atoms with Crippen molar-refractivity contribution in [2.24, 2.45) is 5.90 Å². The second kappa shape index (κ2) is 5.05. The van der Waals surface area contributed by atoms with Gasteiger partial charge in [-0.2, -0.15) is 0 Å². The zero-order chi connectivity index (χ0) is 10.6. The Kier molecular flexibility index (Phi) is 4.00. The van der Waals surface area contributed by atoms with E-state index >= 15 is 0 Å². The highest BCUT2D eigenvalue weighted by Crippen LogP contribution is 2.32. The number of hydrogen-bond acceptors (Lipinski definition) is 4. The number of phenols is 1. The molecule has 4 nitrogen and oxygen atoms in total. The molecule has 1 rings (SSSR count). The van der Waals surface area contributed by atoms with E-state index in [9.17, 15) is 5.11 Å². The van der Waals surface area contributed by atoms with E-state index in [2.05, 4.69) is 4.84 Å². The van der Waals surface area contributed by atoms with Crippen molar-refractivity contribution in [1.82, 2.24) is 0 Å². The Balaban J connectivity index is 2.95. The van der Waals surface area contributed by atoms with Gasteiger partial charge in [0.05, 0.1) is 18.7 Å². The summed E-state index contributed by atoms with van der Waals surface area (Å²) in [5, 5.41) is 9.82. The number of benzene rings is 1. The first-order valence-corrected chi connectivity index (χ1v) is 4.44. The summed E-state index contributed by atoms with van der Waals surface area (Å²) in [5.74, 6) is 5.53. The molecule has 3 N–H and O–H groups in total. The van der Waals surface area contributed by atoms with Gasteiger partial charge in [-0.05, 0) is 6.07 Å². The lowest BCUT2D eigenvalue weighted by atomic mass is 10.1. The number of ether oxygens (including phenoxy) is 1. The van der Waals surface area contributed by atoms with E-state index in [4.69, 9.17) is 22.2 Å². The van der Waals surface area contributed by atoms with Crippen molar-refractivity contribution in [2.45, 2.75) is 6.42 Å². The summed E-state index contributed by atoms with van der Waals surface area (Å²) in [4.78, 5) is 4.42. The first kappa shape index (κ1) is 11.1. The normalized spacial score (nSPS) is 10.2. The Bertz CT molecular complexity index is 317. The van der Waals surface area contributed by atoms with Gasteiger partial charge >= 0.3 is 0 Å². The molecule has 0 saturated heterocycles. The predicted octanol–water partition coefficient (Wildman–Crippen LogP) is 1.49. The van der Waals surface area contributed by atoms with Crippen LogP contribution in [0.15, 0.2) is 12.1 Å². The third-order valence-corrected chi connectivity index (χ3v) is 2.13. The molecular formula is C9H12ClNO3. The van der Waals surface area contributed by atoms with Crippen molar-refractivity contribution in [1.29, 1.82) is 0 Å². The molecule has 0 aromatic heterocycles. The largest absolute Gasteiger partial charge is 0.506 e. The van der Waals surface area contributed by atoms with Crippen LogP contribution in [0.5, 0.6) is 11.5 Å². The summed E-state index contributed by atoms with van der Waals surface area (Å²) in [6, 6.07) is 3.24. The van der Waals surface area contributed by atoms with Gasteiger partial charge < -0.3 is 14.7 Å². The average molecular weight is 218 g/mol. The van der Waals surface area contributed by atoms with Crippen LogP contribution in [-0.2, 0) is 11.3 Å². The number of hydrogen-bond donors (Lipinski definition) is 2. The second-order valence-electron chi connectivity index (χ2n) is 2.74. The van der Waals surface area contributed by atoms with Crippen LogP contribution in [0.25, 0.3) is 0 Å². The fraction of sp³-hybridized carbons (Fsp3) is 0.333. The fourth-order valence-corrected chi connectivity index (χ4v) is 1.33. The molecule has 0 amide bonds. The van der Waals surface area contributed by atoms with Crippen molar-refractivity contribution < 1.29 is 14.7 Å². The van der Waals surface area contributed by atoms with Gasteiger partial charge in [0.2, 0.25) is 0 Å². The molecule has 0 radical (unpaired) electrons. The molecule has 0 bridgehead atoms. The monoisotopic (exact) mass is 217 g/mol. The highest BCUT2D eigenvalue weighted by molar-refractivity contribution is 6.32. The minimum absolute atomic E-state index is 0.0458. The number of nitrogens with two attached hydrogens (primary N) is 1. The van der Waals surface area contributed by atoms with Crippen LogP contribution in [0.2, 0.25) is 5.02 Å². The molecule has 0 unspecified atom stereocenters. The van der Waals surface area contributed by atoms with Gasteiger partial charge in [-0.15, -0.1) is 0 Å². The van der Waals surface area contributed by atoms with E-state index in [1.54, 1.807) is 12.1 Å². The summed E-state index contributed by atoms with van der Waals surface area (Å²) in [5.41, 5.74) is 0.653. The lowest BCUT2D eigenvalue weighted by Crippen LogP contribution is -2.04. The third-order valence-electron chi connectivity index (χ3n) is 1.84. The molecule has 1 aromatic carbocycles. The van der Waals surface area contributed by atoms with Gasteiger partial charge in [0.25, 0.3) is 0 Å². The zero-order valence-electron chi connectivity index (χ0n) is 7.79. The average Bonchev–Trinajstić information content (AvgIpc) is 2.20. The third kappa shape index (κ3) is 2.51. The molecular weight excluding hydrogens is 206 g/mol. The maximum atomic E-state index is 9.56. The van der Waals surface area contributed by atoms with Crippen LogP contribution < -0.4 is 10.6 Å². The SMILES string of the molecule is COc1cc(Cl)c(O)c(CCON)c1. The van der Waals surface area contributed by atoms with E-state index < -0.39 is 0 Å². The van der Waals surface area contributed by atoms with Gasteiger partial charge in [0.1, 0.15) is 11.5 Å². The van der Waals surface area contributed by atoms with Crippen LogP contribution >= 0.6 is 11.6 Å². The van der Waals surface area contributed by atoms with E-state index in [-0.39, 0.29) is 10.8 Å². The van der Waals surface area contributed by atoms with E-state index in [0.717, 1.165) is 0 Å². The molecule has 1 aromatic rings. The molecule has 0 fully saturated rings. The van der Waals surface area contributed by atoms with Crippen LogP contribution in [-0.4, -0.2) is 18.8 Å². The molecule has 0 aliphatic rings. The number of rotatable bonds is 4. The summed E-state index contributed by atoms with van der Waals surface area (Å²) < 4.78 is 5.00. The molecule has 0 atom stereocenters. The minimum Gasteiger partial charge on any atom is -0.506 e. The Hall–Kier alpha value is -0.970.